The molecule has 184 valence electrons. The maximum atomic E-state index is 14.6. The van der Waals surface area contributed by atoms with Crippen LogP contribution in [0, 0.1) is 19.7 Å². The largest absolute Gasteiger partial charge is 0.366 e. The first-order chi connectivity index (χ1) is 17.3. The Labute approximate surface area is 209 Å². The molecule has 0 atom stereocenters. The van der Waals surface area contributed by atoms with Crippen LogP contribution >= 0.6 is 0 Å². The van der Waals surface area contributed by atoms with Gasteiger partial charge in [-0.3, -0.25) is 9.59 Å². The zero-order valence-electron chi connectivity index (χ0n) is 20.7. The maximum Gasteiger partial charge on any atom is 0.254 e. The molecule has 4 aromatic rings. The topological polar surface area (TPSA) is 71.3 Å². The molecule has 1 amide bonds. The van der Waals surface area contributed by atoms with Crippen LogP contribution in [-0.4, -0.2) is 57.5 Å². The van der Waals surface area contributed by atoms with Gasteiger partial charge >= 0.3 is 0 Å². The molecule has 3 heterocycles. The van der Waals surface area contributed by atoms with Gasteiger partial charge in [-0.25, -0.2) is 14.1 Å². The Morgan fingerprint density at radius 2 is 1.69 bits per heavy atom. The Morgan fingerprint density at radius 1 is 0.972 bits per heavy atom. The zero-order chi connectivity index (χ0) is 25.4. The van der Waals surface area contributed by atoms with Gasteiger partial charge in [0.15, 0.2) is 11.4 Å². The summed E-state index contributed by atoms with van der Waals surface area (Å²) in [5.41, 5.74) is 5.13. The molecule has 1 aliphatic rings. The highest BCUT2D eigenvalue weighted by atomic mass is 19.1. The van der Waals surface area contributed by atoms with Crippen LogP contribution in [0.15, 0.2) is 54.7 Å². The lowest BCUT2D eigenvalue weighted by molar-refractivity contribution is 0.0748. The number of piperazine rings is 1. The van der Waals surface area contributed by atoms with Crippen LogP contribution in [0.4, 0.5) is 10.1 Å². The Kier molecular flexibility index (Phi) is 6.26. The van der Waals surface area contributed by atoms with E-state index < -0.39 is 5.82 Å². The Hall–Kier alpha value is -4.07. The summed E-state index contributed by atoms with van der Waals surface area (Å²) in [5, 5.41) is 5.26. The molecule has 8 heteroatoms. The van der Waals surface area contributed by atoms with Crippen LogP contribution in [0.1, 0.15) is 44.5 Å². The number of fused-ring (bicyclic) bond motifs is 1. The minimum absolute atomic E-state index is 0.0764. The first-order valence-corrected chi connectivity index (χ1v) is 12.0. The Morgan fingerprint density at radius 3 is 2.36 bits per heavy atom. The predicted molar refractivity (Wildman–Crippen MR) is 137 cm³/mol. The number of benzene rings is 2. The number of halogens is 1. The SMILES string of the molecule is CC(=O)c1ccc(N2CCN(C(=O)c3cc(C)nc4c3cnn4Cc3ccc(C)cc3)CC2)c(F)c1. The minimum Gasteiger partial charge on any atom is -0.366 e. The normalized spacial score (nSPS) is 13.9. The number of Topliss-reactive ketones (excluding diaryl/α,β-unsaturated/α-hetero) is 1. The third-order valence-electron chi connectivity index (χ3n) is 6.68. The quantitative estimate of drug-likeness (QED) is 0.392. The summed E-state index contributed by atoms with van der Waals surface area (Å²) in [6, 6.07) is 14.6. The third kappa shape index (κ3) is 4.58. The summed E-state index contributed by atoms with van der Waals surface area (Å²) in [7, 11) is 0. The van der Waals surface area contributed by atoms with E-state index in [9.17, 15) is 14.0 Å². The average Bonchev–Trinajstić information content (AvgIpc) is 3.26. The summed E-state index contributed by atoms with van der Waals surface area (Å²) in [6.07, 6.45) is 1.71. The molecule has 0 saturated carbocycles. The fourth-order valence-electron chi connectivity index (χ4n) is 4.63. The molecule has 0 radical (unpaired) electrons. The highest BCUT2D eigenvalue weighted by Crippen LogP contribution is 2.25. The Balaban J connectivity index is 1.34. The number of hydrogen-bond acceptors (Lipinski definition) is 5. The number of pyridine rings is 1. The lowest BCUT2D eigenvalue weighted by Gasteiger charge is -2.36. The zero-order valence-corrected chi connectivity index (χ0v) is 20.7. The van der Waals surface area contributed by atoms with Gasteiger partial charge < -0.3 is 9.80 Å². The Bertz CT molecular complexity index is 1450. The molecule has 36 heavy (non-hydrogen) atoms. The van der Waals surface area contributed by atoms with Crippen molar-refractivity contribution >= 4 is 28.4 Å². The lowest BCUT2D eigenvalue weighted by atomic mass is 10.1. The second-order valence-corrected chi connectivity index (χ2v) is 9.34. The molecule has 0 spiro atoms. The fraction of sp³-hybridized carbons (Fsp3) is 0.286. The van der Waals surface area contributed by atoms with Crippen molar-refractivity contribution in [2.75, 3.05) is 31.1 Å². The van der Waals surface area contributed by atoms with E-state index in [1.165, 1.54) is 18.6 Å². The number of nitrogens with zero attached hydrogens (tertiary/aromatic N) is 5. The van der Waals surface area contributed by atoms with E-state index in [0.717, 1.165) is 16.6 Å². The molecule has 7 nitrogen and oxygen atoms in total. The van der Waals surface area contributed by atoms with Crippen molar-refractivity contribution < 1.29 is 14.0 Å². The standard InChI is InChI=1S/C28H28FN5O2/c1-18-4-6-21(7-5-18)17-34-27-24(16-30-34)23(14-19(2)31-27)28(36)33-12-10-32(11-13-33)26-9-8-22(20(3)35)15-25(26)29/h4-9,14-16H,10-13,17H2,1-3H3. The van der Waals surface area contributed by atoms with Crippen molar-refractivity contribution in [1.29, 1.82) is 0 Å². The highest BCUT2D eigenvalue weighted by molar-refractivity contribution is 6.05. The van der Waals surface area contributed by atoms with Crippen LogP contribution < -0.4 is 4.90 Å². The van der Waals surface area contributed by atoms with Gasteiger partial charge in [0.25, 0.3) is 5.91 Å². The highest BCUT2D eigenvalue weighted by Gasteiger charge is 2.26. The molecule has 1 saturated heterocycles. The number of carbonyl (C=O) groups is 2. The molecular formula is C28H28FN5O2. The minimum atomic E-state index is -0.421. The number of hydrogen-bond donors (Lipinski definition) is 0. The van der Waals surface area contributed by atoms with Crippen LogP contribution in [0.3, 0.4) is 0 Å². The van der Waals surface area contributed by atoms with Crippen molar-refractivity contribution in [3.63, 3.8) is 0 Å². The number of rotatable bonds is 5. The second-order valence-electron chi connectivity index (χ2n) is 9.34. The number of carbonyl (C=O) groups excluding carboxylic acids is 2. The van der Waals surface area contributed by atoms with Gasteiger partial charge in [0.2, 0.25) is 0 Å². The monoisotopic (exact) mass is 485 g/mol. The van der Waals surface area contributed by atoms with Gasteiger partial charge in [0, 0.05) is 37.4 Å². The molecule has 0 bridgehead atoms. The van der Waals surface area contributed by atoms with Crippen molar-refractivity contribution in [2.24, 2.45) is 0 Å². The molecule has 2 aromatic heterocycles. The van der Waals surface area contributed by atoms with Crippen molar-refractivity contribution in [3.05, 3.63) is 88.5 Å². The number of aromatic nitrogens is 3. The third-order valence-corrected chi connectivity index (χ3v) is 6.68. The first-order valence-electron chi connectivity index (χ1n) is 12.0. The number of ketones is 1. The van der Waals surface area contributed by atoms with Gasteiger partial charge in [0.05, 0.1) is 29.4 Å². The summed E-state index contributed by atoms with van der Waals surface area (Å²) >= 11 is 0. The number of anilines is 1. The van der Waals surface area contributed by atoms with Gasteiger partial charge in [-0.2, -0.15) is 5.10 Å². The smallest absolute Gasteiger partial charge is 0.254 e. The summed E-state index contributed by atoms with van der Waals surface area (Å²) in [5.74, 6) is -0.667. The van der Waals surface area contributed by atoms with Gasteiger partial charge in [0.1, 0.15) is 5.82 Å². The molecule has 0 unspecified atom stereocenters. The van der Waals surface area contributed by atoms with Crippen LogP contribution in [0.25, 0.3) is 11.0 Å². The fourth-order valence-corrected chi connectivity index (χ4v) is 4.63. The maximum absolute atomic E-state index is 14.6. The van der Waals surface area contributed by atoms with E-state index >= 15 is 0 Å². The van der Waals surface area contributed by atoms with Crippen molar-refractivity contribution in [1.82, 2.24) is 19.7 Å². The molecule has 1 aliphatic heterocycles. The van der Waals surface area contributed by atoms with E-state index in [4.69, 9.17) is 0 Å². The molecular weight excluding hydrogens is 457 g/mol. The van der Waals surface area contributed by atoms with E-state index in [0.29, 0.717) is 55.2 Å². The van der Waals surface area contributed by atoms with Crippen molar-refractivity contribution in [3.8, 4) is 0 Å². The average molecular weight is 486 g/mol. The second kappa shape index (κ2) is 9.53. The van der Waals surface area contributed by atoms with E-state index in [1.54, 1.807) is 23.2 Å². The van der Waals surface area contributed by atoms with E-state index in [-0.39, 0.29) is 11.7 Å². The van der Waals surface area contributed by atoms with Crippen LogP contribution in [0.2, 0.25) is 0 Å². The molecule has 5 rings (SSSR count). The van der Waals surface area contributed by atoms with E-state index in [1.807, 2.05) is 22.6 Å². The van der Waals surface area contributed by atoms with Gasteiger partial charge in [-0.05, 0) is 50.6 Å². The molecule has 0 N–H and O–H groups in total. The van der Waals surface area contributed by atoms with E-state index in [2.05, 4.69) is 41.3 Å². The predicted octanol–water partition coefficient (Wildman–Crippen LogP) is 4.40. The molecule has 2 aromatic carbocycles. The summed E-state index contributed by atoms with van der Waals surface area (Å²) in [4.78, 5) is 33.4. The van der Waals surface area contributed by atoms with Gasteiger partial charge in [-0.1, -0.05) is 29.8 Å². The number of amides is 1. The first kappa shape index (κ1) is 23.7. The number of aryl methyl sites for hydroxylation is 2. The molecule has 1 fully saturated rings. The van der Waals surface area contributed by atoms with Gasteiger partial charge in [-0.15, -0.1) is 0 Å². The van der Waals surface area contributed by atoms with Crippen molar-refractivity contribution in [2.45, 2.75) is 27.3 Å². The lowest BCUT2D eigenvalue weighted by Crippen LogP contribution is -2.49. The summed E-state index contributed by atoms with van der Waals surface area (Å²) in [6.45, 7) is 7.86. The van der Waals surface area contributed by atoms with Crippen LogP contribution in [0.5, 0.6) is 0 Å². The van der Waals surface area contributed by atoms with Crippen LogP contribution in [-0.2, 0) is 6.54 Å². The molecule has 0 aliphatic carbocycles. The summed E-state index contributed by atoms with van der Waals surface area (Å²) < 4.78 is 16.5.